The number of aliphatic hydroxyl groups excluding tert-OH is 2. The molecule has 1 aliphatic heterocycles. The summed E-state index contributed by atoms with van der Waals surface area (Å²) in [5.41, 5.74) is 1.81. The molecule has 4 rings (SSSR count). The summed E-state index contributed by atoms with van der Waals surface area (Å²) in [5.74, 6) is 0.612. The molecule has 0 spiro atoms. The van der Waals surface area contributed by atoms with E-state index in [4.69, 9.17) is 4.74 Å². The normalized spacial score (nSPS) is 16.9. The lowest BCUT2D eigenvalue weighted by Crippen LogP contribution is -2.51. The smallest absolute Gasteiger partial charge is 0.234 e. The van der Waals surface area contributed by atoms with Crippen molar-refractivity contribution < 1.29 is 19.7 Å². The van der Waals surface area contributed by atoms with E-state index in [2.05, 4.69) is 20.1 Å². The van der Waals surface area contributed by atoms with Crippen LogP contribution in [-0.4, -0.2) is 89.5 Å². The van der Waals surface area contributed by atoms with E-state index < -0.39 is 12.1 Å². The van der Waals surface area contributed by atoms with Crippen molar-refractivity contribution in [3.8, 4) is 5.75 Å². The fourth-order valence-corrected chi connectivity index (χ4v) is 4.96. The summed E-state index contributed by atoms with van der Waals surface area (Å²) in [6, 6.07) is 14.9. The molecule has 2 atom stereocenters. The van der Waals surface area contributed by atoms with E-state index in [0.717, 1.165) is 47.0 Å². The molecule has 1 saturated heterocycles. The minimum Gasteiger partial charge on any atom is -0.491 e. The Labute approximate surface area is 203 Å². The van der Waals surface area contributed by atoms with Crippen molar-refractivity contribution in [3.63, 3.8) is 0 Å². The van der Waals surface area contributed by atoms with E-state index in [-0.39, 0.29) is 19.1 Å². The van der Waals surface area contributed by atoms with Gasteiger partial charge in [0, 0.05) is 38.8 Å². The van der Waals surface area contributed by atoms with Gasteiger partial charge in [0.25, 0.3) is 0 Å². The van der Waals surface area contributed by atoms with Crippen LogP contribution in [0.4, 0.5) is 0 Å². The number of β-amino-alcohol motifs (C(OH)–C–C–N with tert-alkyl or cyclic N) is 1. The van der Waals surface area contributed by atoms with Crippen molar-refractivity contribution in [2.24, 2.45) is 0 Å². The maximum absolute atomic E-state index is 12.5. The number of hydrogen-bond donors (Lipinski definition) is 3. The van der Waals surface area contributed by atoms with Gasteiger partial charge in [-0.2, -0.15) is 0 Å². The van der Waals surface area contributed by atoms with Crippen LogP contribution < -0.4 is 10.1 Å². The third-order valence-electron chi connectivity index (χ3n) is 5.93. The molecule has 1 aromatic heterocycles. The van der Waals surface area contributed by atoms with Gasteiger partial charge in [-0.25, -0.2) is 4.98 Å². The van der Waals surface area contributed by atoms with Crippen molar-refractivity contribution in [2.75, 3.05) is 52.5 Å². The molecule has 3 aromatic rings. The molecular weight excluding hydrogens is 452 g/mol. The monoisotopic (exact) mass is 484 g/mol. The third-order valence-corrected chi connectivity index (χ3v) is 6.88. The Morgan fingerprint density at radius 1 is 1.15 bits per heavy atom. The number of carbonyl (C=O) groups is 1. The lowest BCUT2D eigenvalue weighted by Gasteiger charge is -2.35. The Hall–Kier alpha value is -2.56. The SMILES string of the molecule is Cc1nc2cc(OCC(O)CN3CCN(CC(=O)N[C@H](CO)c4ccccc4)CC3)ccc2s1. The molecule has 0 radical (unpaired) electrons. The predicted molar refractivity (Wildman–Crippen MR) is 133 cm³/mol. The lowest BCUT2D eigenvalue weighted by molar-refractivity contribution is -0.123. The van der Waals surface area contributed by atoms with Crippen molar-refractivity contribution in [2.45, 2.75) is 19.1 Å². The number of nitrogens with zero attached hydrogens (tertiary/aromatic N) is 3. The van der Waals surface area contributed by atoms with Crippen LogP contribution in [0.1, 0.15) is 16.6 Å². The minimum absolute atomic E-state index is 0.0999. The number of carbonyl (C=O) groups excluding carboxylic acids is 1. The number of aliphatic hydroxyl groups is 2. The first kappa shape index (κ1) is 24.6. The summed E-state index contributed by atoms with van der Waals surface area (Å²) in [4.78, 5) is 21.2. The molecule has 1 unspecified atom stereocenters. The van der Waals surface area contributed by atoms with Crippen molar-refractivity contribution >= 4 is 27.5 Å². The molecule has 9 heteroatoms. The first-order valence-electron chi connectivity index (χ1n) is 11.6. The summed E-state index contributed by atoms with van der Waals surface area (Å²) in [6.07, 6.45) is -0.598. The van der Waals surface area contributed by atoms with Gasteiger partial charge in [-0.05, 0) is 24.6 Å². The molecule has 34 heavy (non-hydrogen) atoms. The van der Waals surface area contributed by atoms with E-state index >= 15 is 0 Å². The molecule has 1 aliphatic rings. The van der Waals surface area contributed by atoms with E-state index in [9.17, 15) is 15.0 Å². The number of piperazine rings is 1. The number of fused-ring (bicyclic) bond motifs is 1. The number of benzene rings is 2. The van der Waals surface area contributed by atoms with Gasteiger partial charge < -0.3 is 20.3 Å². The van der Waals surface area contributed by atoms with Crippen molar-refractivity contribution in [3.05, 3.63) is 59.1 Å². The molecule has 1 fully saturated rings. The molecule has 3 N–H and O–H groups in total. The van der Waals surface area contributed by atoms with Crippen LogP contribution in [0.25, 0.3) is 10.2 Å². The molecule has 2 heterocycles. The van der Waals surface area contributed by atoms with Gasteiger partial charge in [0.2, 0.25) is 5.91 Å². The largest absolute Gasteiger partial charge is 0.491 e. The fourth-order valence-electron chi connectivity index (χ4n) is 4.15. The Morgan fingerprint density at radius 2 is 1.88 bits per heavy atom. The first-order chi connectivity index (χ1) is 16.5. The number of rotatable bonds is 10. The van der Waals surface area contributed by atoms with Crippen LogP contribution in [0.3, 0.4) is 0 Å². The van der Waals surface area contributed by atoms with Gasteiger partial charge in [0.1, 0.15) is 18.5 Å². The van der Waals surface area contributed by atoms with Crippen LogP contribution in [0.2, 0.25) is 0 Å². The maximum Gasteiger partial charge on any atom is 0.234 e. The fraction of sp³-hybridized carbons (Fsp3) is 0.440. The van der Waals surface area contributed by atoms with E-state index in [0.29, 0.717) is 18.8 Å². The van der Waals surface area contributed by atoms with Gasteiger partial charge in [0.15, 0.2) is 0 Å². The van der Waals surface area contributed by atoms with Crippen molar-refractivity contribution in [1.29, 1.82) is 0 Å². The number of nitrogens with one attached hydrogen (secondary N) is 1. The minimum atomic E-state index is -0.598. The summed E-state index contributed by atoms with van der Waals surface area (Å²) in [6.45, 7) is 5.93. The second kappa shape index (κ2) is 11.7. The topological polar surface area (TPSA) is 98.2 Å². The highest BCUT2D eigenvalue weighted by Gasteiger charge is 2.22. The summed E-state index contributed by atoms with van der Waals surface area (Å²) < 4.78 is 6.92. The zero-order valence-electron chi connectivity index (χ0n) is 19.4. The second-order valence-corrected chi connectivity index (χ2v) is 9.85. The Balaban J connectivity index is 1.16. The van der Waals surface area contributed by atoms with E-state index in [1.165, 1.54) is 0 Å². The maximum atomic E-state index is 12.5. The number of aryl methyl sites for hydroxylation is 1. The molecule has 0 bridgehead atoms. The van der Waals surface area contributed by atoms with Gasteiger partial charge in [-0.3, -0.25) is 14.6 Å². The van der Waals surface area contributed by atoms with E-state index in [1.54, 1.807) is 11.3 Å². The second-order valence-electron chi connectivity index (χ2n) is 8.62. The highest BCUT2D eigenvalue weighted by molar-refractivity contribution is 7.18. The Morgan fingerprint density at radius 3 is 2.62 bits per heavy atom. The molecular formula is C25H32N4O4S. The lowest BCUT2D eigenvalue weighted by atomic mass is 10.1. The molecule has 2 aromatic carbocycles. The van der Waals surface area contributed by atoms with Gasteiger partial charge in [-0.1, -0.05) is 30.3 Å². The first-order valence-corrected chi connectivity index (χ1v) is 12.4. The van der Waals surface area contributed by atoms with Crippen molar-refractivity contribution in [1.82, 2.24) is 20.1 Å². The molecule has 182 valence electrons. The van der Waals surface area contributed by atoms with Crippen LogP contribution in [0, 0.1) is 6.92 Å². The van der Waals surface area contributed by atoms with Crippen LogP contribution in [0.15, 0.2) is 48.5 Å². The standard InChI is InChI=1S/C25H32N4O4S/c1-18-26-22-13-21(7-8-24(22)34-18)33-17-20(31)14-28-9-11-29(12-10-28)15-25(32)27-23(16-30)19-5-3-2-4-6-19/h2-8,13,20,23,30-31H,9-12,14-17H2,1H3,(H,27,32)/t20?,23-/m1/s1. The molecule has 1 amide bonds. The summed E-state index contributed by atoms with van der Waals surface area (Å²) in [5, 5.41) is 24.0. The highest BCUT2D eigenvalue weighted by Crippen LogP contribution is 2.25. The van der Waals surface area contributed by atoms with E-state index in [1.807, 2.05) is 55.5 Å². The van der Waals surface area contributed by atoms with Crippen LogP contribution in [-0.2, 0) is 4.79 Å². The zero-order valence-corrected chi connectivity index (χ0v) is 20.2. The average Bonchev–Trinajstić information content (AvgIpc) is 3.22. The summed E-state index contributed by atoms with van der Waals surface area (Å²) >= 11 is 1.65. The number of aromatic nitrogens is 1. The number of ether oxygens (including phenoxy) is 1. The predicted octanol–water partition coefficient (Wildman–Crippen LogP) is 1.81. The Bertz CT molecular complexity index is 1070. The highest BCUT2D eigenvalue weighted by atomic mass is 32.1. The number of thiazole rings is 1. The van der Waals surface area contributed by atoms with Gasteiger partial charge >= 0.3 is 0 Å². The van der Waals surface area contributed by atoms with Crippen LogP contribution >= 0.6 is 11.3 Å². The Kier molecular flexibility index (Phi) is 8.47. The molecule has 0 aliphatic carbocycles. The summed E-state index contributed by atoms with van der Waals surface area (Å²) in [7, 11) is 0. The molecule has 0 saturated carbocycles. The molecule has 8 nitrogen and oxygen atoms in total. The third kappa shape index (κ3) is 6.74. The van der Waals surface area contributed by atoms with Gasteiger partial charge in [0.05, 0.1) is 34.4 Å². The number of amides is 1. The number of hydrogen-bond acceptors (Lipinski definition) is 8. The quantitative estimate of drug-likeness (QED) is 0.404. The van der Waals surface area contributed by atoms with Gasteiger partial charge in [-0.15, -0.1) is 11.3 Å². The van der Waals surface area contributed by atoms with Crippen LogP contribution in [0.5, 0.6) is 5.75 Å². The zero-order chi connectivity index (χ0) is 23.9. The average molecular weight is 485 g/mol.